The summed E-state index contributed by atoms with van der Waals surface area (Å²) in [5, 5.41) is 0.375. The van der Waals surface area contributed by atoms with Crippen LogP contribution in [-0.4, -0.2) is 0 Å². The number of nitrogens with two attached hydrogens (primary N) is 1. The monoisotopic (exact) mass is 253 g/mol. The van der Waals surface area contributed by atoms with E-state index in [0.717, 1.165) is 0 Å². The first-order chi connectivity index (χ1) is 8.10. The van der Waals surface area contributed by atoms with Crippen molar-refractivity contribution in [1.82, 2.24) is 0 Å². The third kappa shape index (κ3) is 2.62. The lowest BCUT2D eigenvalue weighted by Gasteiger charge is -2.07. The van der Waals surface area contributed by atoms with E-state index in [4.69, 9.17) is 17.3 Å². The Morgan fingerprint density at radius 1 is 1.00 bits per heavy atom. The van der Waals surface area contributed by atoms with Gasteiger partial charge in [-0.3, -0.25) is 0 Å². The Morgan fingerprint density at radius 2 is 1.76 bits per heavy atom. The minimum Gasteiger partial charge on any atom is -0.326 e. The Balaban J connectivity index is 2.59. The zero-order valence-electron chi connectivity index (χ0n) is 8.88. The van der Waals surface area contributed by atoms with Crippen molar-refractivity contribution in [3.63, 3.8) is 0 Å². The molecule has 0 amide bonds. The zero-order valence-corrected chi connectivity index (χ0v) is 9.64. The number of rotatable bonds is 2. The molecule has 88 valence electrons. The van der Waals surface area contributed by atoms with Crippen molar-refractivity contribution in [3.8, 4) is 11.1 Å². The third-order valence-corrected chi connectivity index (χ3v) is 2.76. The molecule has 2 aromatic rings. The summed E-state index contributed by atoms with van der Waals surface area (Å²) < 4.78 is 26.5. The molecule has 0 aliphatic carbocycles. The van der Waals surface area contributed by atoms with Gasteiger partial charge in [-0.15, -0.1) is 0 Å². The fraction of sp³-hybridized carbons (Fsp3) is 0.0769. The topological polar surface area (TPSA) is 26.0 Å². The lowest BCUT2D eigenvalue weighted by atomic mass is 10.0. The first-order valence-electron chi connectivity index (χ1n) is 5.05. The van der Waals surface area contributed by atoms with Gasteiger partial charge in [-0.05, 0) is 47.5 Å². The van der Waals surface area contributed by atoms with Crippen LogP contribution in [0.25, 0.3) is 11.1 Å². The molecule has 0 radical (unpaired) electrons. The molecule has 0 aliphatic heterocycles. The third-order valence-electron chi connectivity index (χ3n) is 2.43. The quantitative estimate of drug-likeness (QED) is 0.867. The van der Waals surface area contributed by atoms with Crippen LogP contribution in [0.15, 0.2) is 36.4 Å². The molecule has 17 heavy (non-hydrogen) atoms. The van der Waals surface area contributed by atoms with E-state index in [1.807, 2.05) is 0 Å². The van der Waals surface area contributed by atoms with E-state index in [-0.39, 0.29) is 6.54 Å². The molecule has 0 unspecified atom stereocenters. The number of hydrogen-bond donors (Lipinski definition) is 1. The van der Waals surface area contributed by atoms with Gasteiger partial charge in [-0.1, -0.05) is 11.6 Å². The van der Waals surface area contributed by atoms with Crippen molar-refractivity contribution < 1.29 is 8.78 Å². The van der Waals surface area contributed by atoms with Crippen molar-refractivity contribution in [2.45, 2.75) is 6.54 Å². The molecule has 2 aromatic carbocycles. The minimum absolute atomic E-state index is 0.220. The highest BCUT2D eigenvalue weighted by molar-refractivity contribution is 6.33. The molecule has 0 fully saturated rings. The second-order valence-corrected chi connectivity index (χ2v) is 4.08. The molecule has 2 N–H and O–H groups in total. The number of hydrogen-bond acceptors (Lipinski definition) is 1. The van der Waals surface area contributed by atoms with E-state index in [1.165, 1.54) is 30.3 Å². The summed E-state index contributed by atoms with van der Waals surface area (Å²) in [6, 6.07) is 8.33. The van der Waals surface area contributed by atoms with E-state index in [9.17, 15) is 8.78 Å². The molecule has 1 nitrogen and oxygen atoms in total. The molecule has 0 heterocycles. The second-order valence-electron chi connectivity index (χ2n) is 3.68. The fourth-order valence-corrected chi connectivity index (χ4v) is 1.87. The molecule has 0 saturated carbocycles. The van der Waals surface area contributed by atoms with Gasteiger partial charge in [0.25, 0.3) is 0 Å². The lowest BCUT2D eigenvalue weighted by Crippen LogP contribution is -1.97. The van der Waals surface area contributed by atoms with Crippen LogP contribution >= 0.6 is 11.6 Å². The fourth-order valence-electron chi connectivity index (χ4n) is 1.64. The van der Waals surface area contributed by atoms with Crippen molar-refractivity contribution in [1.29, 1.82) is 0 Å². The average Bonchev–Trinajstić information content (AvgIpc) is 2.31. The molecule has 4 heteroatoms. The maximum absolute atomic E-state index is 13.3. The summed E-state index contributed by atoms with van der Waals surface area (Å²) in [5.41, 5.74) is 7.08. The van der Waals surface area contributed by atoms with Crippen LogP contribution in [0.2, 0.25) is 5.02 Å². The minimum atomic E-state index is -0.414. The summed E-state index contributed by atoms with van der Waals surface area (Å²) in [4.78, 5) is 0. The van der Waals surface area contributed by atoms with Crippen LogP contribution in [-0.2, 0) is 6.54 Å². The van der Waals surface area contributed by atoms with Crippen molar-refractivity contribution >= 4 is 11.6 Å². The van der Waals surface area contributed by atoms with Gasteiger partial charge in [0, 0.05) is 17.1 Å². The zero-order chi connectivity index (χ0) is 12.4. The first kappa shape index (κ1) is 12.0. The normalized spacial score (nSPS) is 10.6. The van der Waals surface area contributed by atoms with Crippen molar-refractivity contribution in [2.24, 2.45) is 5.73 Å². The van der Waals surface area contributed by atoms with E-state index in [1.54, 1.807) is 6.07 Å². The largest absolute Gasteiger partial charge is 0.326 e. The Hall–Kier alpha value is -1.45. The second kappa shape index (κ2) is 4.82. The molecule has 0 bridgehead atoms. The average molecular weight is 254 g/mol. The van der Waals surface area contributed by atoms with Gasteiger partial charge >= 0.3 is 0 Å². The Morgan fingerprint density at radius 3 is 2.47 bits per heavy atom. The summed E-state index contributed by atoms with van der Waals surface area (Å²) in [6.07, 6.45) is 0. The summed E-state index contributed by atoms with van der Waals surface area (Å²) >= 11 is 5.96. The molecule has 0 spiro atoms. The Bertz CT molecular complexity index is 555. The molecule has 0 aromatic heterocycles. The van der Waals surface area contributed by atoms with Gasteiger partial charge < -0.3 is 5.73 Å². The van der Waals surface area contributed by atoms with E-state index in [0.29, 0.717) is 21.7 Å². The Labute approximate surface area is 103 Å². The van der Waals surface area contributed by atoms with Crippen LogP contribution in [0.1, 0.15) is 5.56 Å². The van der Waals surface area contributed by atoms with E-state index >= 15 is 0 Å². The molecular weight excluding hydrogens is 244 g/mol. The maximum Gasteiger partial charge on any atom is 0.124 e. The standard InChI is InChI=1S/C13H10ClF2N/c14-13-2-1-10(15)6-12(13)9-3-8(7-17)4-11(16)5-9/h1-6H,7,17H2. The predicted molar refractivity (Wildman–Crippen MR) is 64.7 cm³/mol. The van der Waals surface area contributed by atoms with E-state index in [2.05, 4.69) is 0 Å². The van der Waals surface area contributed by atoms with Crippen LogP contribution in [0.3, 0.4) is 0 Å². The number of benzene rings is 2. The highest BCUT2D eigenvalue weighted by atomic mass is 35.5. The van der Waals surface area contributed by atoms with Crippen LogP contribution in [0.4, 0.5) is 8.78 Å². The van der Waals surface area contributed by atoms with Crippen LogP contribution in [0, 0.1) is 11.6 Å². The molecule has 2 rings (SSSR count). The van der Waals surface area contributed by atoms with Gasteiger partial charge in [0.2, 0.25) is 0 Å². The Kier molecular flexibility index (Phi) is 3.41. The first-order valence-corrected chi connectivity index (χ1v) is 5.43. The van der Waals surface area contributed by atoms with Gasteiger partial charge in [0.05, 0.1) is 0 Å². The van der Waals surface area contributed by atoms with Gasteiger partial charge in [-0.25, -0.2) is 8.78 Å². The molecule has 0 atom stereocenters. The summed E-state index contributed by atoms with van der Waals surface area (Å²) in [5.74, 6) is -0.828. The van der Waals surface area contributed by atoms with E-state index < -0.39 is 11.6 Å². The van der Waals surface area contributed by atoms with Gasteiger partial charge in [0.15, 0.2) is 0 Å². The van der Waals surface area contributed by atoms with Crippen molar-refractivity contribution in [2.75, 3.05) is 0 Å². The smallest absolute Gasteiger partial charge is 0.124 e. The highest BCUT2D eigenvalue weighted by Gasteiger charge is 2.07. The number of halogens is 3. The summed E-state index contributed by atoms with van der Waals surface area (Å²) in [6.45, 7) is 0.220. The van der Waals surface area contributed by atoms with Gasteiger partial charge in [-0.2, -0.15) is 0 Å². The SMILES string of the molecule is NCc1cc(F)cc(-c2cc(F)ccc2Cl)c1. The maximum atomic E-state index is 13.3. The van der Waals surface area contributed by atoms with Gasteiger partial charge in [0.1, 0.15) is 11.6 Å². The summed E-state index contributed by atoms with van der Waals surface area (Å²) in [7, 11) is 0. The van der Waals surface area contributed by atoms with Crippen LogP contribution < -0.4 is 5.73 Å². The molecule has 0 aliphatic rings. The highest BCUT2D eigenvalue weighted by Crippen LogP contribution is 2.29. The lowest BCUT2D eigenvalue weighted by molar-refractivity contribution is 0.624. The molecular formula is C13H10ClF2N. The van der Waals surface area contributed by atoms with Crippen molar-refractivity contribution in [3.05, 3.63) is 58.6 Å². The predicted octanol–water partition coefficient (Wildman–Crippen LogP) is 3.74. The molecule has 0 saturated heterocycles. The van der Waals surface area contributed by atoms with Crippen LogP contribution in [0.5, 0.6) is 0 Å².